The number of nitrogens with zero attached hydrogens (tertiary/aromatic N) is 6. The van der Waals surface area contributed by atoms with E-state index in [0.717, 1.165) is 62.9 Å². The number of hydrogen-bond acceptors (Lipinski definition) is 5. The molecular formula is C59H44N6. The van der Waals surface area contributed by atoms with Crippen molar-refractivity contribution in [3.63, 3.8) is 0 Å². The average Bonchev–Trinajstić information content (AvgIpc) is 4.10. The topological polar surface area (TPSA) is 50.1 Å². The van der Waals surface area contributed by atoms with Crippen molar-refractivity contribution in [3.05, 3.63) is 235 Å². The lowest BCUT2D eigenvalue weighted by atomic mass is 10.0. The lowest BCUT2D eigenvalue weighted by molar-refractivity contribution is 0.892. The van der Waals surface area contributed by atoms with Crippen LogP contribution in [0.3, 0.4) is 0 Å². The van der Waals surface area contributed by atoms with Crippen molar-refractivity contribution in [1.82, 2.24) is 19.5 Å². The molecule has 0 saturated heterocycles. The van der Waals surface area contributed by atoms with Crippen LogP contribution in [0.15, 0.2) is 218 Å². The van der Waals surface area contributed by atoms with E-state index >= 15 is 0 Å². The largest absolute Gasteiger partial charge is 0.309 e. The summed E-state index contributed by atoms with van der Waals surface area (Å²) in [4.78, 5) is 20.7. The second kappa shape index (κ2) is 16.1. The van der Waals surface area contributed by atoms with Gasteiger partial charge in [0.2, 0.25) is 0 Å². The van der Waals surface area contributed by atoms with Gasteiger partial charge in [-0.25, -0.2) is 15.0 Å². The molecule has 1 fully saturated rings. The van der Waals surface area contributed by atoms with Gasteiger partial charge < -0.3 is 14.4 Å². The molecule has 310 valence electrons. The maximum Gasteiger partial charge on any atom is 0.164 e. The Morgan fingerprint density at radius 2 is 0.877 bits per heavy atom. The molecule has 6 nitrogen and oxygen atoms in total. The molecule has 2 heterocycles. The van der Waals surface area contributed by atoms with E-state index in [-0.39, 0.29) is 0 Å². The second-order valence-corrected chi connectivity index (χ2v) is 16.9. The molecule has 0 N–H and O–H groups in total. The van der Waals surface area contributed by atoms with Gasteiger partial charge in [-0.2, -0.15) is 0 Å². The fourth-order valence-corrected chi connectivity index (χ4v) is 9.69. The summed E-state index contributed by atoms with van der Waals surface area (Å²) in [5, 5.41) is 1.26. The SMILES string of the molecule is Cc1cccc2c3c(n(-c4c(N(c5ccccc5)c5ccccc5)cc(-c5nc(-c6ccccc6)nc(-c6ccccc6)n5)cc4N(c4ccccc4)c4ccccc4)c12)C1CC1C=C3. The molecule has 12 rings (SSSR count). The number of benzene rings is 8. The molecule has 0 amide bonds. The summed E-state index contributed by atoms with van der Waals surface area (Å²) >= 11 is 0. The average molecular weight is 837 g/mol. The third-order valence-electron chi connectivity index (χ3n) is 12.8. The summed E-state index contributed by atoms with van der Waals surface area (Å²) in [5.74, 6) is 2.71. The van der Waals surface area contributed by atoms with Gasteiger partial charge in [0.15, 0.2) is 17.5 Å². The zero-order chi connectivity index (χ0) is 43.3. The molecule has 0 aliphatic heterocycles. The third-order valence-corrected chi connectivity index (χ3v) is 12.8. The highest BCUT2D eigenvalue weighted by atomic mass is 15.2. The van der Waals surface area contributed by atoms with Crippen LogP contribution in [0.2, 0.25) is 0 Å². The Labute approximate surface area is 379 Å². The van der Waals surface area contributed by atoms with E-state index in [1.54, 1.807) is 0 Å². The monoisotopic (exact) mass is 836 g/mol. The summed E-state index contributed by atoms with van der Waals surface area (Å²) in [6.07, 6.45) is 5.94. The molecule has 0 radical (unpaired) electrons. The number of fused-ring (bicyclic) bond motifs is 5. The lowest BCUT2D eigenvalue weighted by Crippen LogP contribution is -2.19. The number of para-hydroxylation sites is 5. The van der Waals surface area contributed by atoms with Crippen LogP contribution in [-0.2, 0) is 0 Å². The van der Waals surface area contributed by atoms with Crippen LogP contribution >= 0.6 is 0 Å². The summed E-state index contributed by atoms with van der Waals surface area (Å²) in [7, 11) is 0. The number of rotatable bonds is 10. The maximum absolute atomic E-state index is 5.36. The highest BCUT2D eigenvalue weighted by Crippen LogP contribution is 2.58. The van der Waals surface area contributed by atoms with Crippen molar-refractivity contribution in [2.45, 2.75) is 19.3 Å². The Balaban J connectivity index is 1.27. The Kier molecular flexibility index (Phi) is 9.49. The first kappa shape index (κ1) is 38.3. The van der Waals surface area contributed by atoms with Crippen molar-refractivity contribution < 1.29 is 0 Å². The molecule has 0 bridgehead atoms. The number of aryl methyl sites for hydroxylation is 1. The second-order valence-electron chi connectivity index (χ2n) is 16.9. The van der Waals surface area contributed by atoms with Gasteiger partial charge >= 0.3 is 0 Å². The molecule has 2 aliphatic carbocycles. The van der Waals surface area contributed by atoms with E-state index < -0.39 is 0 Å². The molecular weight excluding hydrogens is 793 g/mol. The summed E-state index contributed by atoms with van der Waals surface area (Å²) in [6.45, 7) is 2.26. The summed E-state index contributed by atoms with van der Waals surface area (Å²) in [5.41, 5.74) is 15.0. The standard InChI is InChI=1S/C59H44N6/c1-40-21-20-34-49-50-36-35-43-37-51(43)55(50)65(54(40)49)56-52(63(45-26-12-4-13-27-45)46-28-14-5-15-29-46)38-44(39-53(56)64(47-30-16-6-17-31-47)48-32-18-7-19-33-48)59-61-57(41-22-8-2-9-23-41)60-58(62-59)42-24-10-3-11-25-42/h2-36,38-39,43,51H,37H2,1H3. The van der Waals surface area contributed by atoms with E-state index in [0.29, 0.717) is 29.3 Å². The van der Waals surface area contributed by atoms with Gasteiger partial charge in [0.05, 0.1) is 22.6 Å². The van der Waals surface area contributed by atoms with E-state index in [2.05, 4.69) is 209 Å². The molecule has 2 unspecified atom stereocenters. The van der Waals surface area contributed by atoms with E-state index in [9.17, 15) is 0 Å². The van der Waals surface area contributed by atoms with Crippen LogP contribution in [-0.4, -0.2) is 19.5 Å². The molecule has 8 aromatic carbocycles. The molecule has 0 spiro atoms. The van der Waals surface area contributed by atoms with E-state index in [1.165, 1.54) is 27.7 Å². The van der Waals surface area contributed by atoms with Crippen LogP contribution in [0, 0.1) is 12.8 Å². The van der Waals surface area contributed by atoms with Crippen LogP contribution < -0.4 is 9.80 Å². The minimum Gasteiger partial charge on any atom is -0.309 e. The van der Waals surface area contributed by atoms with Gasteiger partial charge in [0.1, 0.15) is 0 Å². The zero-order valence-corrected chi connectivity index (χ0v) is 35.9. The van der Waals surface area contributed by atoms with Crippen LogP contribution in [0.25, 0.3) is 56.8 Å². The highest BCUT2D eigenvalue weighted by Gasteiger charge is 2.44. The van der Waals surface area contributed by atoms with Crippen LogP contribution in [0.5, 0.6) is 0 Å². The number of aromatic nitrogens is 4. The third kappa shape index (κ3) is 6.87. The Bertz CT molecular complexity index is 3110. The first-order chi connectivity index (χ1) is 32.2. The van der Waals surface area contributed by atoms with Gasteiger partial charge in [-0.1, -0.05) is 164 Å². The van der Waals surface area contributed by atoms with Gasteiger partial charge in [-0.15, -0.1) is 0 Å². The van der Waals surface area contributed by atoms with Crippen molar-refractivity contribution in [2.24, 2.45) is 5.92 Å². The quantitative estimate of drug-likeness (QED) is 0.137. The number of hydrogen-bond donors (Lipinski definition) is 0. The molecule has 6 heteroatoms. The van der Waals surface area contributed by atoms with Crippen molar-refractivity contribution in [2.75, 3.05) is 9.80 Å². The Hall–Kier alpha value is -8.35. The molecule has 2 aromatic heterocycles. The van der Waals surface area contributed by atoms with Crippen LogP contribution in [0.4, 0.5) is 34.1 Å². The fraction of sp³-hybridized carbons (Fsp3) is 0.0678. The van der Waals surface area contributed by atoms with Crippen molar-refractivity contribution in [3.8, 4) is 39.9 Å². The molecule has 2 aliphatic rings. The predicted molar refractivity (Wildman–Crippen MR) is 267 cm³/mol. The summed E-state index contributed by atoms with van der Waals surface area (Å²) < 4.78 is 2.62. The van der Waals surface area contributed by atoms with Crippen LogP contribution in [0.1, 0.15) is 29.2 Å². The maximum atomic E-state index is 5.36. The first-order valence-corrected chi connectivity index (χ1v) is 22.4. The minimum absolute atomic E-state index is 0.399. The zero-order valence-electron chi connectivity index (χ0n) is 35.9. The van der Waals surface area contributed by atoms with Crippen molar-refractivity contribution >= 4 is 51.1 Å². The van der Waals surface area contributed by atoms with Gasteiger partial charge in [-0.3, -0.25) is 0 Å². The Morgan fingerprint density at radius 3 is 1.32 bits per heavy atom. The molecule has 65 heavy (non-hydrogen) atoms. The van der Waals surface area contributed by atoms with Gasteiger partial charge in [0, 0.05) is 62.0 Å². The lowest BCUT2D eigenvalue weighted by Gasteiger charge is -2.34. The minimum atomic E-state index is 0.399. The molecule has 1 saturated carbocycles. The van der Waals surface area contributed by atoms with E-state index in [1.807, 2.05) is 36.4 Å². The highest BCUT2D eigenvalue weighted by molar-refractivity contribution is 6.01. The Morgan fingerprint density at radius 1 is 0.462 bits per heavy atom. The normalized spacial score (nSPS) is 14.7. The fourth-order valence-electron chi connectivity index (χ4n) is 9.69. The molecule has 10 aromatic rings. The summed E-state index contributed by atoms with van der Waals surface area (Å²) in [6, 6.07) is 74.8. The first-order valence-electron chi connectivity index (χ1n) is 22.4. The van der Waals surface area contributed by atoms with E-state index in [4.69, 9.17) is 15.0 Å². The predicted octanol–water partition coefficient (Wildman–Crippen LogP) is 15.2. The number of allylic oxidation sites excluding steroid dienone is 1. The van der Waals surface area contributed by atoms with Gasteiger partial charge in [-0.05, 0) is 85.5 Å². The number of anilines is 6. The smallest absolute Gasteiger partial charge is 0.164 e. The van der Waals surface area contributed by atoms with Crippen molar-refractivity contribution in [1.29, 1.82) is 0 Å². The molecule has 2 atom stereocenters. The van der Waals surface area contributed by atoms with Gasteiger partial charge in [0.25, 0.3) is 0 Å².